The number of carbonyl (C=O) groups is 2. The van der Waals surface area contributed by atoms with Gasteiger partial charge in [0.25, 0.3) is 10.0 Å². The zero-order chi connectivity index (χ0) is 24.8. The number of carbonyl (C=O) groups excluding carboxylic acids is 2. The molecule has 2 aromatic carbocycles. The van der Waals surface area contributed by atoms with Crippen LogP contribution in [0.5, 0.6) is 0 Å². The lowest BCUT2D eigenvalue weighted by Crippen LogP contribution is -2.15. The molecule has 0 unspecified atom stereocenters. The van der Waals surface area contributed by atoms with E-state index in [0.29, 0.717) is 22.4 Å². The summed E-state index contributed by atoms with van der Waals surface area (Å²) < 4.78 is 67.9. The number of nitrogens with zero attached hydrogens (tertiary/aromatic N) is 2. The lowest BCUT2D eigenvalue weighted by atomic mass is 10.0. The first-order valence-corrected chi connectivity index (χ1v) is 11.6. The van der Waals surface area contributed by atoms with Crippen LogP contribution in [0.4, 0.5) is 24.7 Å². The molecule has 0 fully saturated rings. The Balaban J connectivity index is 1.74. The average molecular weight is 492 g/mol. The number of amides is 1. The summed E-state index contributed by atoms with van der Waals surface area (Å²) in [5.41, 5.74) is 0.656. The molecular weight excluding hydrogens is 473 g/mol. The van der Waals surface area contributed by atoms with Gasteiger partial charge in [-0.25, -0.2) is 8.42 Å². The van der Waals surface area contributed by atoms with E-state index in [0.717, 1.165) is 28.9 Å². The van der Waals surface area contributed by atoms with Crippen molar-refractivity contribution >= 4 is 33.3 Å². The number of anilines is 2. The van der Waals surface area contributed by atoms with Crippen LogP contribution >= 0.6 is 0 Å². The highest BCUT2D eigenvalue weighted by molar-refractivity contribution is 7.92. The molecule has 2 heterocycles. The molecule has 0 aliphatic carbocycles. The van der Waals surface area contributed by atoms with Crippen LogP contribution in [0.2, 0.25) is 0 Å². The number of aryl methyl sites for hydroxylation is 2. The highest BCUT2D eigenvalue weighted by Gasteiger charge is 2.30. The Hall–Kier alpha value is -3.67. The number of benzene rings is 2. The highest BCUT2D eigenvalue weighted by atomic mass is 32.2. The molecule has 34 heavy (non-hydrogen) atoms. The maximum Gasteiger partial charge on any atom is 0.416 e. The normalized spacial score (nSPS) is 14.4. The van der Waals surface area contributed by atoms with Crippen molar-refractivity contribution in [2.24, 2.45) is 0 Å². The molecule has 1 aliphatic heterocycles. The van der Waals surface area contributed by atoms with Gasteiger partial charge in [0.1, 0.15) is 5.82 Å². The molecule has 3 aromatic rings. The number of fused-ring (bicyclic) bond motifs is 1. The molecule has 1 aromatic heterocycles. The molecule has 0 saturated heterocycles. The van der Waals surface area contributed by atoms with Crippen molar-refractivity contribution in [1.29, 1.82) is 0 Å². The Morgan fingerprint density at radius 2 is 1.71 bits per heavy atom. The van der Waals surface area contributed by atoms with Gasteiger partial charge < -0.3 is 5.32 Å². The fourth-order valence-corrected chi connectivity index (χ4v) is 5.00. The minimum Gasteiger partial charge on any atom is -0.310 e. The van der Waals surface area contributed by atoms with Crippen molar-refractivity contribution < 1.29 is 31.2 Å². The van der Waals surface area contributed by atoms with Gasteiger partial charge in [-0.05, 0) is 55.3 Å². The van der Waals surface area contributed by atoms with Crippen LogP contribution < -0.4 is 10.0 Å². The molecule has 12 heteroatoms. The van der Waals surface area contributed by atoms with Gasteiger partial charge in [-0.1, -0.05) is 12.1 Å². The maximum atomic E-state index is 13.1. The number of hydrogen-bond acceptors (Lipinski definition) is 5. The zero-order valence-corrected chi connectivity index (χ0v) is 18.8. The van der Waals surface area contributed by atoms with Gasteiger partial charge >= 0.3 is 6.18 Å². The lowest BCUT2D eigenvalue weighted by Gasteiger charge is -2.14. The first kappa shape index (κ1) is 23.5. The van der Waals surface area contributed by atoms with E-state index in [1.165, 1.54) is 6.07 Å². The number of alkyl halides is 3. The molecule has 0 atom stereocenters. The van der Waals surface area contributed by atoms with Crippen LogP contribution in [0.15, 0.2) is 47.4 Å². The van der Waals surface area contributed by atoms with Gasteiger partial charge in [0.2, 0.25) is 11.8 Å². The fourth-order valence-electron chi connectivity index (χ4n) is 3.67. The number of sulfonamides is 1. The molecule has 1 aliphatic rings. The van der Waals surface area contributed by atoms with Crippen molar-refractivity contribution in [2.45, 2.75) is 37.8 Å². The van der Waals surface area contributed by atoms with E-state index in [-0.39, 0.29) is 41.1 Å². The van der Waals surface area contributed by atoms with Gasteiger partial charge in [-0.15, -0.1) is 0 Å². The molecule has 0 spiro atoms. The van der Waals surface area contributed by atoms with Gasteiger partial charge in [-0.2, -0.15) is 23.0 Å². The van der Waals surface area contributed by atoms with E-state index in [1.54, 1.807) is 26.0 Å². The minimum absolute atomic E-state index is 0.00522. The van der Waals surface area contributed by atoms with E-state index in [1.807, 2.05) is 0 Å². The summed E-state index contributed by atoms with van der Waals surface area (Å²) in [6.45, 7) is 3.20. The van der Waals surface area contributed by atoms with Crippen molar-refractivity contribution in [3.8, 4) is 11.1 Å². The van der Waals surface area contributed by atoms with Crippen LogP contribution in [0.3, 0.4) is 0 Å². The van der Waals surface area contributed by atoms with E-state index in [9.17, 15) is 31.2 Å². The Kier molecular flexibility index (Phi) is 5.72. The van der Waals surface area contributed by atoms with E-state index < -0.39 is 21.8 Å². The Morgan fingerprint density at radius 1 is 1.03 bits per heavy atom. The largest absolute Gasteiger partial charge is 0.416 e. The molecule has 2 N–H and O–H groups in total. The maximum absolute atomic E-state index is 13.1. The van der Waals surface area contributed by atoms with Crippen LogP contribution in [0, 0.1) is 13.8 Å². The minimum atomic E-state index is -4.54. The summed E-state index contributed by atoms with van der Waals surface area (Å²) in [7, 11) is -4.18. The second-order valence-electron chi connectivity index (χ2n) is 7.82. The summed E-state index contributed by atoms with van der Waals surface area (Å²) in [5, 5.41) is 6.86. The predicted molar refractivity (Wildman–Crippen MR) is 118 cm³/mol. The second-order valence-corrected chi connectivity index (χ2v) is 9.47. The molecule has 0 radical (unpaired) electrons. The summed E-state index contributed by atoms with van der Waals surface area (Å²) >= 11 is 0. The van der Waals surface area contributed by atoms with Crippen LogP contribution in [-0.2, 0) is 21.0 Å². The number of aromatic nitrogens is 2. The highest BCUT2D eigenvalue weighted by Crippen LogP contribution is 2.35. The quantitative estimate of drug-likeness (QED) is 0.562. The number of halogens is 3. The van der Waals surface area contributed by atoms with Gasteiger partial charge in [0.15, 0.2) is 0 Å². The van der Waals surface area contributed by atoms with Crippen molar-refractivity contribution in [2.75, 3.05) is 10.0 Å². The third kappa shape index (κ3) is 4.40. The third-order valence-corrected chi connectivity index (χ3v) is 6.87. The lowest BCUT2D eigenvalue weighted by molar-refractivity contribution is -0.137. The van der Waals surface area contributed by atoms with Crippen LogP contribution in [0.25, 0.3) is 11.1 Å². The molecule has 4 rings (SSSR count). The van der Waals surface area contributed by atoms with E-state index >= 15 is 0 Å². The Bertz CT molecular complexity index is 1410. The first-order chi connectivity index (χ1) is 15.9. The number of rotatable bonds is 4. The standard InChI is InChI=1S/C22H19F3N4O4S/c1-12-3-4-14(20-13(2)27-29-19(31)10-9-18(30)26-21(20)29)11-17(12)34(32,33)28-16-7-5-15(6-8-16)22(23,24)25/h3-8,11,28H,9-10H2,1-2H3,(H,26,30). The molecule has 0 saturated carbocycles. The third-order valence-electron chi connectivity index (χ3n) is 5.35. The Morgan fingerprint density at radius 3 is 2.35 bits per heavy atom. The summed E-state index contributed by atoms with van der Waals surface area (Å²) in [4.78, 5) is 24.3. The van der Waals surface area contributed by atoms with Gasteiger partial charge in [0, 0.05) is 24.1 Å². The molecule has 1 amide bonds. The summed E-state index contributed by atoms with van der Waals surface area (Å²) in [5.74, 6) is -0.572. The molecule has 0 bridgehead atoms. The Labute approximate surface area is 192 Å². The van der Waals surface area contributed by atoms with Crippen molar-refractivity contribution in [3.63, 3.8) is 0 Å². The summed E-state index contributed by atoms with van der Waals surface area (Å²) in [6.07, 6.45) is -4.55. The predicted octanol–water partition coefficient (Wildman–Crippen LogP) is 4.36. The SMILES string of the molecule is Cc1ccc(-c2c(C)nn3c2NC(=O)CCC3=O)cc1S(=O)(=O)Nc1ccc(C(F)(F)F)cc1. The molecule has 8 nitrogen and oxygen atoms in total. The topological polar surface area (TPSA) is 110 Å². The average Bonchev–Trinajstić information content (AvgIpc) is 3.00. The van der Waals surface area contributed by atoms with Crippen molar-refractivity contribution in [3.05, 3.63) is 59.3 Å². The number of nitrogens with one attached hydrogen (secondary N) is 2. The fraction of sp³-hybridized carbons (Fsp3) is 0.227. The first-order valence-electron chi connectivity index (χ1n) is 10.1. The van der Waals surface area contributed by atoms with Crippen LogP contribution in [-0.4, -0.2) is 30.0 Å². The monoisotopic (exact) mass is 492 g/mol. The zero-order valence-electron chi connectivity index (χ0n) is 18.0. The van der Waals surface area contributed by atoms with E-state index in [2.05, 4.69) is 15.1 Å². The summed E-state index contributed by atoms with van der Waals surface area (Å²) in [6, 6.07) is 8.19. The van der Waals surface area contributed by atoms with Crippen LogP contribution in [0.1, 0.15) is 34.5 Å². The van der Waals surface area contributed by atoms with E-state index in [4.69, 9.17) is 0 Å². The van der Waals surface area contributed by atoms with Gasteiger partial charge in [-0.3, -0.25) is 14.3 Å². The smallest absolute Gasteiger partial charge is 0.310 e. The van der Waals surface area contributed by atoms with Gasteiger partial charge in [0.05, 0.1) is 16.2 Å². The molecular formula is C22H19F3N4O4S. The second kappa shape index (κ2) is 8.28. The molecule has 178 valence electrons. The van der Waals surface area contributed by atoms with Crippen molar-refractivity contribution in [1.82, 2.24) is 9.78 Å². The number of hydrogen-bond donors (Lipinski definition) is 2.